The summed E-state index contributed by atoms with van der Waals surface area (Å²) in [4.78, 5) is 11.1. The van der Waals surface area contributed by atoms with Crippen LogP contribution in [-0.4, -0.2) is 29.5 Å². The molecular weight excluding hydrogens is 308 g/mol. The third kappa shape index (κ3) is 8.85. The second-order valence-electron chi connectivity index (χ2n) is 6.15. The molecular formula is C16H23F2NO4. The largest absolute Gasteiger partial charge is 0.508 e. The number of hydrogen-bond acceptors (Lipinski definition) is 4. The highest BCUT2D eigenvalue weighted by Gasteiger charge is 2.22. The maximum Gasteiger partial charge on any atom is 0.407 e. The lowest BCUT2D eigenvalue weighted by molar-refractivity contribution is -0.0498. The van der Waals surface area contributed by atoms with Gasteiger partial charge in [0, 0.05) is 6.04 Å². The molecule has 0 atom stereocenters. The van der Waals surface area contributed by atoms with E-state index in [1.165, 1.54) is 30.7 Å². The van der Waals surface area contributed by atoms with Crippen molar-refractivity contribution < 1.29 is 28.2 Å². The predicted octanol–water partition coefficient (Wildman–Crippen LogP) is 4.06. The van der Waals surface area contributed by atoms with E-state index in [1.54, 1.807) is 0 Å². The van der Waals surface area contributed by atoms with Crippen LogP contribution >= 0.6 is 0 Å². The zero-order chi connectivity index (χ0) is 17.5. The van der Waals surface area contributed by atoms with Crippen LogP contribution < -0.4 is 10.1 Å². The molecule has 0 radical (unpaired) electrons. The Hall–Kier alpha value is -2.05. The number of phenolic OH excluding ortho intramolecular Hbond substituents is 1. The fraction of sp³-hybridized carbons (Fsp3) is 0.562. The maximum absolute atomic E-state index is 11.5. The number of aromatic hydroxyl groups is 1. The Labute approximate surface area is 134 Å². The zero-order valence-electron chi connectivity index (χ0n) is 13.5. The van der Waals surface area contributed by atoms with E-state index in [2.05, 4.69) is 10.1 Å². The molecule has 0 aliphatic heterocycles. The van der Waals surface area contributed by atoms with Gasteiger partial charge in [0.05, 0.1) is 0 Å². The molecule has 0 saturated heterocycles. The van der Waals surface area contributed by atoms with Crippen LogP contribution in [0.25, 0.3) is 0 Å². The fourth-order valence-electron chi connectivity index (χ4n) is 1.65. The minimum absolute atomic E-state index is 0.0200. The van der Waals surface area contributed by atoms with Crippen LogP contribution in [0.5, 0.6) is 11.5 Å². The Morgan fingerprint density at radius 3 is 2.22 bits per heavy atom. The number of halogens is 2. The third-order valence-electron chi connectivity index (χ3n) is 2.89. The Morgan fingerprint density at radius 1 is 1.26 bits per heavy atom. The van der Waals surface area contributed by atoms with E-state index in [4.69, 9.17) is 9.84 Å². The molecule has 2 N–H and O–H groups in total. The average molecular weight is 331 g/mol. The summed E-state index contributed by atoms with van der Waals surface area (Å²) in [7, 11) is 0. The van der Waals surface area contributed by atoms with E-state index in [1.807, 2.05) is 20.8 Å². The van der Waals surface area contributed by atoms with Crippen LogP contribution in [0.4, 0.5) is 13.6 Å². The molecule has 1 saturated carbocycles. The van der Waals surface area contributed by atoms with Gasteiger partial charge in [-0.15, -0.1) is 0 Å². The molecule has 2 rings (SSSR count). The van der Waals surface area contributed by atoms with Gasteiger partial charge in [0.15, 0.2) is 0 Å². The molecule has 0 bridgehead atoms. The molecule has 0 spiro atoms. The van der Waals surface area contributed by atoms with Crippen molar-refractivity contribution in [2.45, 2.75) is 58.3 Å². The van der Waals surface area contributed by atoms with Crippen molar-refractivity contribution >= 4 is 6.09 Å². The third-order valence-corrected chi connectivity index (χ3v) is 2.89. The summed E-state index contributed by atoms with van der Waals surface area (Å²) < 4.78 is 32.2. The highest BCUT2D eigenvalue weighted by molar-refractivity contribution is 5.68. The molecule has 130 valence electrons. The zero-order valence-corrected chi connectivity index (χ0v) is 13.5. The lowest BCUT2D eigenvalue weighted by atomic mass is 9.93. The average Bonchev–Trinajstić information content (AvgIpc) is 2.35. The number of ether oxygens (including phenoxy) is 2. The molecule has 0 aromatic heterocycles. The Balaban J connectivity index is 0.000000231. The lowest BCUT2D eigenvalue weighted by Crippen LogP contribution is -2.42. The summed E-state index contributed by atoms with van der Waals surface area (Å²) in [5.74, 6) is 0.0596. The summed E-state index contributed by atoms with van der Waals surface area (Å²) in [5, 5.41) is 11.6. The van der Waals surface area contributed by atoms with Crippen molar-refractivity contribution in [3.8, 4) is 11.5 Å². The number of rotatable bonds is 3. The van der Waals surface area contributed by atoms with Crippen LogP contribution in [-0.2, 0) is 4.74 Å². The van der Waals surface area contributed by atoms with Crippen molar-refractivity contribution in [3.05, 3.63) is 24.3 Å². The topological polar surface area (TPSA) is 67.8 Å². The van der Waals surface area contributed by atoms with Gasteiger partial charge in [-0.1, -0.05) is 0 Å². The van der Waals surface area contributed by atoms with Gasteiger partial charge < -0.3 is 19.9 Å². The maximum atomic E-state index is 11.5. The lowest BCUT2D eigenvalue weighted by Gasteiger charge is -2.28. The molecule has 0 heterocycles. The summed E-state index contributed by atoms with van der Waals surface area (Å²) in [6.07, 6.45) is 3.13. The van der Waals surface area contributed by atoms with Crippen molar-refractivity contribution in [1.82, 2.24) is 5.32 Å². The van der Waals surface area contributed by atoms with E-state index in [-0.39, 0.29) is 23.2 Å². The van der Waals surface area contributed by atoms with Crippen molar-refractivity contribution in [1.29, 1.82) is 0 Å². The molecule has 23 heavy (non-hydrogen) atoms. The SMILES string of the molecule is CC(C)(C)OC(=O)NC1CCC1.Oc1ccc(OC(F)F)cc1. The second-order valence-corrected chi connectivity index (χ2v) is 6.15. The van der Waals surface area contributed by atoms with Crippen LogP contribution in [0.2, 0.25) is 0 Å². The first-order valence-corrected chi connectivity index (χ1v) is 7.39. The number of alkyl halides is 2. The summed E-state index contributed by atoms with van der Waals surface area (Å²) >= 11 is 0. The number of carbonyl (C=O) groups is 1. The molecule has 7 heteroatoms. The molecule has 5 nitrogen and oxygen atoms in total. The number of benzene rings is 1. The van der Waals surface area contributed by atoms with Crippen LogP contribution in [0, 0.1) is 0 Å². The molecule has 1 fully saturated rings. The molecule has 1 aliphatic carbocycles. The fourth-order valence-corrected chi connectivity index (χ4v) is 1.65. The number of alkyl carbamates (subject to hydrolysis) is 1. The molecule has 0 unspecified atom stereocenters. The normalized spacial score (nSPS) is 14.3. The van der Waals surface area contributed by atoms with Crippen molar-refractivity contribution in [3.63, 3.8) is 0 Å². The van der Waals surface area contributed by atoms with Crippen molar-refractivity contribution in [2.75, 3.05) is 0 Å². The van der Waals surface area contributed by atoms with Gasteiger partial charge in [-0.25, -0.2) is 4.79 Å². The van der Waals surface area contributed by atoms with E-state index in [9.17, 15) is 13.6 Å². The quantitative estimate of drug-likeness (QED) is 0.876. The standard InChI is InChI=1S/C9H17NO2.C7H6F2O2/c1-9(2,3)12-8(11)10-7-5-4-6-7;8-7(9)11-6-3-1-5(10)2-4-6/h7H,4-6H2,1-3H3,(H,10,11);1-4,7,10H. The molecule has 1 aromatic carbocycles. The monoisotopic (exact) mass is 331 g/mol. The van der Waals surface area contributed by atoms with Crippen LogP contribution in [0.3, 0.4) is 0 Å². The molecule has 1 aliphatic rings. The van der Waals surface area contributed by atoms with Gasteiger partial charge in [0.2, 0.25) is 0 Å². The molecule has 1 amide bonds. The first kappa shape index (κ1) is 19.0. The minimum Gasteiger partial charge on any atom is -0.508 e. The number of carbonyl (C=O) groups excluding carboxylic acids is 1. The van der Waals surface area contributed by atoms with Gasteiger partial charge in [-0.05, 0) is 64.3 Å². The highest BCUT2D eigenvalue weighted by Crippen LogP contribution is 2.19. The number of nitrogens with one attached hydrogen (secondary N) is 1. The summed E-state index contributed by atoms with van der Waals surface area (Å²) in [5.41, 5.74) is -0.381. The Bertz CT molecular complexity index is 482. The van der Waals surface area contributed by atoms with Crippen molar-refractivity contribution in [2.24, 2.45) is 0 Å². The van der Waals surface area contributed by atoms with E-state index in [0.717, 1.165) is 12.8 Å². The van der Waals surface area contributed by atoms with Crippen LogP contribution in [0.15, 0.2) is 24.3 Å². The second kappa shape index (κ2) is 8.55. The van der Waals surface area contributed by atoms with E-state index in [0.29, 0.717) is 6.04 Å². The first-order chi connectivity index (χ1) is 10.7. The van der Waals surface area contributed by atoms with Crippen LogP contribution in [0.1, 0.15) is 40.0 Å². The van der Waals surface area contributed by atoms with Gasteiger partial charge in [-0.2, -0.15) is 8.78 Å². The van der Waals surface area contributed by atoms with E-state index < -0.39 is 6.61 Å². The molecule has 1 aromatic rings. The van der Waals surface area contributed by atoms with Gasteiger partial charge in [0.1, 0.15) is 17.1 Å². The Morgan fingerprint density at radius 2 is 1.83 bits per heavy atom. The summed E-state index contributed by atoms with van der Waals surface area (Å²) in [6, 6.07) is 5.44. The first-order valence-electron chi connectivity index (χ1n) is 7.39. The minimum atomic E-state index is -2.82. The predicted molar refractivity (Wildman–Crippen MR) is 81.7 cm³/mol. The highest BCUT2D eigenvalue weighted by atomic mass is 19.3. The van der Waals surface area contributed by atoms with Gasteiger partial charge in [-0.3, -0.25) is 0 Å². The van der Waals surface area contributed by atoms with Gasteiger partial charge >= 0.3 is 12.7 Å². The smallest absolute Gasteiger partial charge is 0.407 e. The number of amides is 1. The number of phenols is 1. The van der Waals surface area contributed by atoms with E-state index >= 15 is 0 Å². The summed E-state index contributed by atoms with van der Waals surface area (Å²) in [6.45, 7) is 2.79. The Kier molecular flexibility index (Phi) is 7.06. The number of hydrogen-bond donors (Lipinski definition) is 2. The van der Waals surface area contributed by atoms with Gasteiger partial charge in [0.25, 0.3) is 0 Å².